The zero-order chi connectivity index (χ0) is 20.8. The number of urea groups is 1. The molecule has 2 heterocycles. The number of ketones is 1. The van der Waals surface area contributed by atoms with E-state index < -0.39 is 5.97 Å². The maximum absolute atomic E-state index is 13.0. The molecule has 2 rings (SSSR count). The van der Waals surface area contributed by atoms with E-state index in [0.717, 1.165) is 0 Å². The van der Waals surface area contributed by atoms with Crippen molar-refractivity contribution in [3.8, 4) is 0 Å². The number of H-pyrrole nitrogens is 1. The van der Waals surface area contributed by atoms with Gasteiger partial charge in [0, 0.05) is 17.3 Å². The molecular formula is C20H27N3O5. The number of nitrogens with zero attached hydrogens (tertiary/aromatic N) is 1. The van der Waals surface area contributed by atoms with Crippen LogP contribution in [0.1, 0.15) is 58.6 Å². The molecule has 0 spiro atoms. The van der Waals surface area contributed by atoms with Crippen molar-refractivity contribution in [2.75, 3.05) is 13.2 Å². The Balaban J connectivity index is 2.25. The van der Waals surface area contributed by atoms with E-state index in [1.807, 2.05) is 13.8 Å². The number of aryl methyl sites for hydroxylation is 1. The van der Waals surface area contributed by atoms with E-state index in [1.54, 1.807) is 32.9 Å². The molecule has 0 unspecified atom stereocenters. The zero-order valence-corrected chi connectivity index (χ0v) is 16.9. The molecular weight excluding hydrogens is 362 g/mol. The number of aromatic nitrogens is 1. The summed E-state index contributed by atoms with van der Waals surface area (Å²) in [4.78, 5) is 41.9. The van der Waals surface area contributed by atoms with E-state index in [-0.39, 0.29) is 43.2 Å². The highest BCUT2D eigenvalue weighted by Crippen LogP contribution is 2.20. The Morgan fingerprint density at radius 1 is 1.29 bits per heavy atom. The van der Waals surface area contributed by atoms with Gasteiger partial charge in [0.2, 0.25) is 0 Å². The summed E-state index contributed by atoms with van der Waals surface area (Å²) in [6.45, 7) is 9.06. The summed E-state index contributed by atoms with van der Waals surface area (Å²) in [5.74, 6) is -0.208. The van der Waals surface area contributed by atoms with Gasteiger partial charge >= 0.3 is 12.0 Å². The number of carbonyl (C=O) groups excluding carboxylic acids is 3. The first kappa shape index (κ1) is 21.3. The predicted molar refractivity (Wildman–Crippen MR) is 103 cm³/mol. The molecule has 2 aromatic heterocycles. The molecule has 152 valence electrons. The topological polar surface area (TPSA) is 105 Å². The number of furan rings is 1. The summed E-state index contributed by atoms with van der Waals surface area (Å²) in [5, 5.41) is 2.79. The average Bonchev–Trinajstić information content (AvgIpc) is 3.21. The van der Waals surface area contributed by atoms with Crippen molar-refractivity contribution in [2.45, 2.75) is 47.2 Å². The summed E-state index contributed by atoms with van der Waals surface area (Å²) < 4.78 is 10.3. The van der Waals surface area contributed by atoms with Gasteiger partial charge in [0.15, 0.2) is 5.78 Å². The molecule has 0 saturated heterocycles. The largest absolute Gasteiger partial charge is 0.467 e. The molecule has 2 aromatic rings. The molecule has 2 N–H and O–H groups in total. The first-order chi connectivity index (χ1) is 13.2. The molecule has 0 saturated carbocycles. The lowest BCUT2D eigenvalue weighted by Gasteiger charge is -2.23. The molecule has 0 radical (unpaired) electrons. The summed E-state index contributed by atoms with van der Waals surface area (Å²) in [5.41, 5.74) is 1.73. The van der Waals surface area contributed by atoms with Gasteiger partial charge in [-0.3, -0.25) is 4.79 Å². The van der Waals surface area contributed by atoms with Gasteiger partial charge in [-0.05, 0) is 52.3 Å². The standard InChI is InChI=1S/C20H27N3O5/c1-6-27-19(25)18-13(4)17(14(5)22-18)16(24)11-23(20(26)21-12(2)3)10-15-8-7-9-28-15/h7-9,12,22H,6,10-11H2,1-5H3,(H,21,26). The number of hydrogen-bond donors (Lipinski definition) is 2. The lowest BCUT2D eigenvalue weighted by atomic mass is 10.1. The van der Waals surface area contributed by atoms with Crippen molar-refractivity contribution in [1.29, 1.82) is 0 Å². The Kier molecular flexibility index (Phi) is 7.03. The first-order valence-corrected chi connectivity index (χ1v) is 9.21. The maximum Gasteiger partial charge on any atom is 0.355 e. The molecule has 0 aromatic carbocycles. The molecule has 0 atom stereocenters. The van der Waals surface area contributed by atoms with Crippen LogP contribution in [0.15, 0.2) is 22.8 Å². The van der Waals surface area contributed by atoms with Crippen molar-refractivity contribution in [1.82, 2.24) is 15.2 Å². The Hall–Kier alpha value is -3.03. The molecule has 0 aliphatic carbocycles. The summed E-state index contributed by atoms with van der Waals surface area (Å²) in [7, 11) is 0. The quantitative estimate of drug-likeness (QED) is 0.533. The Bertz CT molecular complexity index is 836. The van der Waals surface area contributed by atoms with E-state index in [9.17, 15) is 14.4 Å². The lowest BCUT2D eigenvalue weighted by Crippen LogP contribution is -2.44. The highest BCUT2D eigenvalue weighted by atomic mass is 16.5. The first-order valence-electron chi connectivity index (χ1n) is 9.21. The number of amides is 2. The van der Waals surface area contributed by atoms with Gasteiger partial charge in [0.25, 0.3) is 0 Å². The van der Waals surface area contributed by atoms with Crippen LogP contribution < -0.4 is 5.32 Å². The van der Waals surface area contributed by atoms with E-state index in [4.69, 9.17) is 9.15 Å². The Morgan fingerprint density at radius 2 is 2.00 bits per heavy atom. The van der Waals surface area contributed by atoms with E-state index >= 15 is 0 Å². The molecule has 0 aliphatic rings. The van der Waals surface area contributed by atoms with Crippen LogP contribution in [0.4, 0.5) is 4.79 Å². The highest BCUT2D eigenvalue weighted by Gasteiger charge is 2.26. The zero-order valence-electron chi connectivity index (χ0n) is 16.9. The molecule has 2 amide bonds. The number of hydrogen-bond acceptors (Lipinski definition) is 5. The number of nitrogens with one attached hydrogen (secondary N) is 2. The maximum atomic E-state index is 13.0. The normalized spacial score (nSPS) is 10.8. The van der Waals surface area contributed by atoms with Crippen molar-refractivity contribution < 1.29 is 23.5 Å². The fourth-order valence-electron chi connectivity index (χ4n) is 2.96. The van der Waals surface area contributed by atoms with Crippen LogP contribution in [-0.4, -0.2) is 46.9 Å². The van der Waals surface area contributed by atoms with E-state index in [1.165, 1.54) is 11.2 Å². The SMILES string of the molecule is CCOC(=O)c1[nH]c(C)c(C(=O)CN(Cc2ccco2)C(=O)NC(C)C)c1C. The average molecular weight is 389 g/mol. The number of Topliss-reactive ketones (excluding diaryl/α,β-unsaturated/α-hetero) is 1. The van der Waals surface area contributed by atoms with Gasteiger partial charge in [-0.15, -0.1) is 0 Å². The minimum Gasteiger partial charge on any atom is -0.467 e. The minimum atomic E-state index is -0.507. The third kappa shape index (κ3) is 5.03. The van der Waals surface area contributed by atoms with Crippen LogP contribution >= 0.6 is 0 Å². The van der Waals surface area contributed by atoms with Crippen LogP contribution in [0.3, 0.4) is 0 Å². The van der Waals surface area contributed by atoms with Crippen LogP contribution in [-0.2, 0) is 11.3 Å². The van der Waals surface area contributed by atoms with Gasteiger partial charge in [-0.1, -0.05) is 0 Å². The molecule has 0 fully saturated rings. The van der Waals surface area contributed by atoms with E-state index in [0.29, 0.717) is 22.6 Å². The third-order valence-electron chi connectivity index (χ3n) is 4.16. The van der Waals surface area contributed by atoms with Crippen molar-refractivity contribution in [3.63, 3.8) is 0 Å². The number of aromatic amines is 1. The molecule has 0 aliphatic heterocycles. The summed E-state index contributed by atoms with van der Waals surface area (Å²) in [6, 6.07) is 3.03. The molecule has 28 heavy (non-hydrogen) atoms. The second-order valence-electron chi connectivity index (χ2n) is 6.81. The van der Waals surface area contributed by atoms with Crippen LogP contribution in [0, 0.1) is 13.8 Å². The molecule has 8 heteroatoms. The number of rotatable bonds is 8. The second-order valence-corrected chi connectivity index (χ2v) is 6.81. The Morgan fingerprint density at radius 3 is 2.57 bits per heavy atom. The number of ether oxygens (including phenoxy) is 1. The van der Waals surface area contributed by atoms with Crippen molar-refractivity contribution >= 4 is 17.8 Å². The highest BCUT2D eigenvalue weighted by molar-refractivity contribution is 6.04. The summed E-state index contributed by atoms with van der Waals surface area (Å²) in [6.07, 6.45) is 1.52. The summed E-state index contributed by atoms with van der Waals surface area (Å²) >= 11 is 0. The van der Waals surface area contributed by atoms with Crippen LogP contribution in [0.25, 0.3) is 0 Å². The van der Waals surface area contributed by atoms with Gasteiger partial charge < -0.3 is 24.4 Å². The fourth-order valence-corrected chi connectivity index (χ4v) is 2.96. The number of carbonyl (C=O) groups is 3. The van der Waals surface area contributed by atoms with Gasteiger partial charge in [0.05, 0.1) is 26.0 Å². The van der Waals surface area contributed by atoms with Gasteiger partial charge in [-0.2, -0.15) is 0 Å². The smallest absolute Gasteiger partial charge is 0.355 e. The molecule has 8 nitrogen and oxygen atoms in total. The Labute approximate surface area is 164 Å². The minimum absolute atomic E-state index is 0.0761. The van der Waals surface area contributed by atoms with Crippen molar-refractivity contribution in [2.24, 2.45) is 0 Å². The monoisotopic (exact) mass is 389 g/mol. The van der Waals surface area contributed by atoms with Crippen LogP contribution in [0.2, 0.25) is 0 Å². The number of esters is 1. The van der Waals surface area contributed by atoms with Gasteiger partial charge in [0.1, 0.15) is 11.5 Å². The third-order valence-corrected chi connectivity index (χ3v) is 4.16. The van der Waals surface area contributed by atoms with Crippen LogP contribution in [0.5, 0.6) is 0 Å². The predicted octanol–water partition coefficient (Wildman–Crippen LogP) is 3.20. The molecule has 0 bridgehead atoms. The van der Waals surface area contributed by atoms with Crippen molar-refractivity contribution in [3.05, 3.63) is 46.7 Å². The lowest BCUT2D eigenvalue weighted by molar-refractivity contribution is 0.0519. The fraction of sp³-hybridized carbons (Fsp3) is 0.450. The van der Waals surface area contributed by atoms with Gasteiger partial charge in [-0.25, -0.2) is 9.59 Å². The van der Waals surface area contributed by atoms with E-state index in [2.05, 4.69) is 10.3 Å². The second kappa shape index (κ2) is 9.25.